The Morgan fingerprint density at radius 1 is 1.14 bits per heavy atom. The lowest BCUT2D eigenvalue weighted by Crippen LogP contribution is -2.28. The number of carbonyl (C=O) groups excluding carboxylic acids is 1. The lowest BCUT2D eigenvalue weighted by Gasteiger charge is -2.18. The third-order valence-electron chi connectivity index (χ3n) is 4.12. The minimum Gasteiger partial charge on any atom is -0.341 e. The van der Waals surface area contributed by atoms with Gasteiger partial charge in [-0.2, -0.15) is 0 Å². The van der Waals surface area contributed by atoms with Gasteiger partial charge in [0.2, 0.25) is 5.91 Å². The summed E-state index contributed by atoms with van der Waals surface area (Å²) >= 11 is 19.6. The standard InChI is InChI=1S/C19H17Cl3N4OS/c1-12-3-6-15(8-16(12)21)26-11-23-24-19(26)28-10-18(27)25(2)9-13-4-5-14(20)7-17(13)22/h3-8,11H,9-10H2,1-2H3. The molecular weight excluding hydrogens is 439 g/mol. The molecule has 146 valence electrons. The van der Waals surface area contributed by atoms with E-state index in [-0.39, 0.29) is 11.7 Å². The molecule has 0 aliphatic rings. The van der Waals surface area contributed by atoms with Crippen LogP contribution in [-0.4, -0.2) is 38.4 Å². The predicted molar refractivity (Wildman–Crippen MR) is 115 cm³/mol. The summed E-state index contributed by atoms with van der Waals surface area (Å²) in [5, 5.41) is 10.4. The van der Waals surface area contributed by atoms with Gasteiger partial charge in [0.15, 0.2) is 5.16 Å². The van der Waals surface area contributed by atoms with Crippen molar-refractivity contribution in [2.24, 2.45) is 0 Å². The fourth-order valence-corrected chi connectivity index (χ4v) is 3.97. The minimum atomic E-state index is -0.0486. The summed E-state index contributed by atoms with van der Waals surface area (Å²) in [6, 6.07) is 11.0. The zero-order chi connectivity index (χ0) is 20.3. The van der Waals surface area contributed by atoms with Crippen LogP contribution < -0.4 is 0 Å². The number of hydrogen-bond acceptors (Lipinski definition) is 4. The Bertz CT molecular complexity index is 1010. The second-order valence-electron chi connectivity index (χ2n) is 6.19. The van der Waals surface area contributed by atoms with E-state index in [1.165, 1.54) is 11.8 Å². The summed E-state index contributed by atoms with van der Waals surface area (Å²) in [5.74, 6) is 0.174. The SMILES string of the molecule is Cc1ccc(-n2cnnc2SCC(=O)N(C)Cc2ccc(Cl)cc2Cl)cc1Cl. The monoisotopic (exact) mass is 454 g/mol. The van der Waals surface area contributed by atoms with E-state index in [9.17, 15) is 4.79 Å². The molecule has 5 nitrogen and oxygen atoms in total. The highest BCUT2D eigenvalue weighted by Crippen LogP contribution is 2.25. The molecule has 0 N–H and O–H groups in total. The molecule has 3 aromatic rings. The van der Waals surface area contributed by atoms with Crippen molar-refractivity contribution < 1.29 is 4.79 Å². The van der Waals surface area contributed by atoms with Crippen LogP contribution >= 0.6 is 46.6 Å². The smallest absolute Gasteiger partial charge is 0.233 e. The summed E-state index contributed by atoms with van der Waals surface area (Å²) < 4.78 is 1.80. The maximum Gasteiger partial charge on any atom is 0.233 e. The van der Waals surface area contributed by atoms with Crippen molar-refractivity contribution in [2.45, 2.75) is 18.6 Å². The summed E-state index contributed by atoms with van der Waals surface area (Å²) in [4.78, 5) is 14.1. The summed E-state index contributed by atoms with van der Waals surface area (Å²) in [5.41, 5.74) is 2.67. The van der Waals surface area contributed by atoms with Gasteiger partial charge in [-0.15, -0.1) is 10.2 Å². The van der Waals surface area contributed by atoms with Crippen molar-refractivity contribution >= 4 is 52.5 Å². The molecule has 0 bridgehead atoms. The van der Waals surface area contributed by atoms with Crippen LogP contribution in [0.1, 0.15) is 11.1 Å². The van der Waals surface area contributed by atoms with E-state index in [4.69, 9.17) is 34.8 Å². The van der Waals surface area contributed by atoms with Crippen LogP contribution in [0.2, 0.25) is 15.1 Å². The molecule has 0 aliphatic carbocycles. The van der Waals surface area contributed by atoms with E-state index in [0.717, 1.165) is 16.8 Å². The maximum absolute atomic E-state index is 12.5. The van der Waals surface area contributed by atoms with Crippen LogP contribution in [0, 0.1) is 6.92 Å². The first-order valence-electron chi connectivity index (χ1n) is 8.32. The lowest BCUT2D eigenvalue weighted by molar-refractivity contribution is -0.127. The molecule has 0 spiro atoms. The summed E-state index contributed by atoms with van der Waals surface area (Å²) in [6.07, 6.45) is 1.60. The molecule has 2 aromatic carbocycles. The number of nitrogens with zero attached hydrogens (tertiary/aromatic N) is 4. The van der Waals surface area contributed by atoms with Crippen molar-refractivity contribution in [1.82, 2.24) is 19.7 Å². The zero-order valence-electron chi connectivity index (χ0n) is 15.2. The lowest BCUT2D eigenvalue weighted by atomic mass is 10.2. The molecular formula is C19H17Cl3N4OS. The number of amides is 1. The average molecular weight is 456 g/mol. The number of hydrogen-bond donors (Lipinski definition) is 0. The van der Waals surface area contributed by atoms with Crippen molar-refractivity contribution in [1.29, 1.82) is 0 Å². The summed E-state index contributed by atoms with van der Waals surface area (Å²) in [7, 11) is 1.73. The third kappa shape index (κ3) is 5.00. The quantitative estimate of drug-likeness (QED) is 0.474. The van der Waals surface area contributed by atoms with Gasteiger partial charge >= 0.3 is 0 Å². The first-order valence-corrected chi connectivity index (χ1v) is 10.4. The predicted octanol–water partition coefficient (Wildman–Crippen LogP) is 5.29. The molecule has 0 atom stereocenters. The molecule has 0 saturated carbocycles. The number of aromatic nitrogens is 3. The largest absolute Gasteiger partial charge is 0.341 e. The van der Waals surface area contributed by atoms with Gasteiger partial charge in [-0.25, -0.2) is 0 Å². The molecule has 1 amide bonds. The molecule has 0 radical (unpaired) electrons. The molecule has 0 fully saturated rings. The van der Waals surface area contributed by atoms with E-state index in [2.05, 4.69) is 10.2 Å². The highest BCUT2D eigenvalue weighted by molar-refractivity contribution is 7.99. The van der Waals surface area contributed by atoms with E-state index in [1.54, 1.807) is 35.0 Å². The average Bonchev–Trinajstić information content (AvgIpc) is 3.12. The number of aryl methyl sites for hydroxylation is 1. The Morgan fingerprint density at radius 3 is 2.64 bits per heavy atom. The van der Waals surface area contributed by atoms with Crippen molar-refractivity contribution in [3.63, 3.8) is 0 Å². The van der Waals surface area contributed by atoms with Crippen LogP contribution in [0.3, 0.4) is 0 Å². The van der Waals surface area contributed by atoms with Crippen molar-refractivity contribution in [2.75, 3.05) is 12.8 Å². The Labute approximate surface area is 182 Å². The van der Waals surface area contributed by atoms with Gasteiger partial charge in [-0.1, -0.05) is 58.7 Å². The second kappa shape index (κ2) is 9.18. The van der Waals surface area contributed by atoms with Gasteiger partial charge in [0, 0.05) is 28.7 Å². The number of carbonyl (C=O) groups is 1. The normalized spacial score (nSPS) is 10.9. The molecule has 28 heavy (non-hydrogen) atoms. The van der Waals surface area contributed by atoms with Gasteiger partial charge < -0.3 is 4.90 Å². The molecule has 0 saturated heterocycles. The van der Waals surface area contributed by atoms with Gasteiger partial charge in [0.25, 0.3) is 0 Å². The number of halogens is 3. The number of benzene rings is 2. The minimum absolute atomic E-state index is 0.0486. The highest BCUT2D eigenvalue weighted by atomic mass is 35.5. The first-order chi connectivity index (χ1) is 13.3. The fourth-order valence-electron chi connectivity index (χ4n) is 2.46. The Morgan fingerprint density at radius 2 is 1.93 bits per heavy atom. The molecule has 1 aromatic heterocycles. The van der Waals surface area contributed by atoms with Crippen molar-refractivity contribution in [3.8, 4) is 5.69 Å². The van der Waals surface area contributed by atoms with E-state index < -0.39 is 0 Å². The number of rotatable bonds is 6. The Balaban J connectivity index is 1.65. The Kier molecular flexibility index (Phi) is 6.88. The fraction of sp³-hybridized carbons (Fsp3) is 0.211. The van der Waals surface area contributed by atoms with Gasteiger partial charge in [-0.3, -0.25) is 9.36 Å². The molecule has 9 heteroatoms. The van der Waals surface area contributed by atoms with E-state index in [1.807, 2.05) is 31.2 Å². The summed E-state index contributed by atoms with van der Waals surface area (Å²) in [6.45, 7) is 2.34. The van der Waals surface area contributed by atoms with Crippen LogP contribution in [0.4, 0.5) is 0 Å². The second-order valence-corrected chi connectivity index (χ2v) is 8.38. The topological polar surface area (TPSA) is 51.0 Å². The number of thioether (sulfide) groups is 1. The first kappa shape index (κ1) is 21.0. The highest BCUT2D eigenvalue weighted by Gasteiger charge is 2.15. The van der Waals surface area contributed by atoms with Gasteiger partial charge in [0.05, 0.1) is 11.4 Å². The van der Waals surface area contributed by atoms with E-state index in [0.29, 0.717) is 26.8 Å². The van der Waals surface area contributed by atoms with Crippen LogP contribution in [0.15, 0.2) is 47.9 Å². The van der Waals surface area contributed by atoms with Crippen molar-refractivity contribution in [3.05, 3.63) is 68.9 Å². The van der Waals surface area contributed by atoms with Gasteiger partial charge in [0.1, 0.15) is 6.33 Å². The Hall–Kier alpha value is -1.73. The van der Waals surface area contributed by atoms with Gasteiger partial charge in [-0.05, 0) is 42.3 Å². The van der Waals surface area contributed by atoms with Crippen LogP contribution in [0.5, 0.6) is 0 Å². The molecule has 0 unspecified atom stereocenters. The zero-order valence-corrected chi connectivity index (χ0v) is 18.3. The van der Waals surface area contributed by atoms with Crippen LogP contribution in [0.25, 0.3) is 5.69 Å². The molecule has 0 aliphatic heterocycles. The van der Waals surface area contributed by atoms with Crippen LogP contribution in [-0.2, 0) is 11.3 Å². The maximum atomic E-state index is 12.5. The molecule has 1 heterocycles. The van der Waals surface area contributed by atoms with E-state index >= 15 is 0 Å². The molecule has 3 rings (SSSR count). The third-order valence-corrected chi connectivity index (χ3v) is 6.05.